The Hall–Kier alpha value is -2.18. The first-order valence-corrected chi connectivity index (χ1v) is 9.60. The second-order valence-corrected chi connectivity index (χ2v) is 8.11. The summed E-state index contributed by atoms with van der Waals surface area (Å²) in [5.41, 5.74) is 3.32. The maximum absolute atomic E-state index is 12.7. The summed E-state index contributed by atoms with van der Waals surface area (Å²) in [5, 5.41) is 4.66. The third-order valence-electron chi connectivity index (χ3n) is 4.59. The molecule has 4 rings (SSSR count). The number of fused-ring (bicyclic) bond motifs is 2. The Morgan fingerprint density at radius 3 is 2.79 bits per heavy atom. The Labute approximate surface area is 140 Å². The summed E-state index contributed by atoms with van der Waals surface area (Å²) in [7, 11) is -3.53. The van der Waals surface area contributed by atoms with Crippen molar-refractivity contribution in [3.8, 4) is 0 Å². The van der Waals surface area contributed by atoms with Crippen molar-refractivity contribution in [2.24, 2.45) is 5.92 Å². The molecular weight excluding hydrogens is 324 g/mol. The van der Waals surface area contributed by atoms with Gasteiger partial charge in [-0.05, 0) is 35.6 Å². The second-order valence-electron chi connectivity index (χ2n) is 6.36. The first-order valence-electron chi connectivity index (χ1n) is 7.94. The first kappa shape index (κ1) is 15.4. The molecular formula is C18H18N2O3S. The molecule has 124 valence electrons. The molecule has 1 aromatic heterocycles. The Morgan fingerprint density at radius 2 is 1.92 bits per heavy atom. The van der Waals surface area contributed by atoms with E-state index >= 15 is 0 Å². The summed E-state index contributed by atoms with van der Waals surface area (Å²) in [5.74, 6) is 0.0429. The zero-order valence-corrected chi connectivity index (χ0v) is 14.1. The highest BCUT2D eigenvalue weighted by Crippen LogP contribution is 2.36. The van der Waals surface area contributed by atoms with Crippen LogP contribution >= 0.6 is 0 Å². The van der Waals surface area contributed by atoms with Gasteiger partial charge in [-0.25, -0.2) is 13.1 Å². The van der Waals surface area contributed by atoms with Gasteiger partial charge in [0, 0.05) is 11.4 Å². The number of nitrogens with one attached hydrogen (secondary N) is 1. The van der Waals surface area contributed by atoms with Gasteiger partial charge < -0.3 is 4.52 Å². The summed E-state index contributed by atoms with van der Waals surface area (Å²) in [6.45, 7) is 2.07. The molecule has 0 aliphatic heterocycles. The summed E-state index contributed by atoms with van der Waals surface area (Å²) in [6.07, 6.45) is 0.885. The summed E-state index contributed by atoms with van der Waals surface area (Å²) < 4.78 is 33.4. The number of hydrogen-bond acceptors (Lipinski definition) is 4. The Morgan fingerprint density at radius 1 is 1.17 bits per heavy atom. The summed E-state index contributed by atoms with van der Waals surface area (Å²) in [4.78, 5) is 0. The lowest BCUT2D eigenvalue weighted by Gasteiger charge is -2.18. The monoisotopic (exact) mass is 342 g/mol. The number of benzene rings is 2. The highest BCUT2D eigenvalue weighted by molar-refractivity contribution is 7.88. The normalized spacial score (nSPS) is 20.4. The number of para-hydroxylation sites is 1. The molecule has 2 aromatic carbocycles. The van der Waals surface area contributed by atoms with Gasteiger partial charge in [0.15, 0.2) is 5.58 Å². The third-order valence-corrected chi connectivity index (χ3v) is 5.85. The molecule has 1 aliphatic rings. The van der Waals surface area contributed by atoms with Crippen molar-refractivity contribution in [3.63, 3.8) is 0 Å². The molecule has 0 saturated carbocycles. The standard InChI is InChI=1S/C18H18N2O3S/c1-12-10-13-6-2-3-7-14(13)18(12)20-24(21,22)11-16-15-8-4-5-9-17(15)23-19-16/h2-9,12,18,20H,10-11H2,1H3/t12-,18-/m1/s1. The number of rotatable bonds is 4. The first-order chi connectivity index (χ1) is 11.5. The lowest BCUT2D eigenvalue weighted by molar-refractivity contribution is 0.445. The highest BCUT2D eigenvalue weighted by Gasteiger charge is 2.32. The van der Waals surface area contributed by atoms with Gasteiger partial charge in [-0.3, -0.25) is 0 Å². The SMILES string of the molecule is C[C@@H]1Cc2ccccc2[C@@H]1NS(=O)(=O)Cc1noc2ccccc12. The van der Waals surface area contributed by atoms with Crippen LogP contribution in [0, 0.1) is 5.92 Å². The molecule has 2 atom stereocenters. The predicted molar refractivity (Wildman–Crippen MR) is 91.8 cm³/mol. The van der Waals surface area contributed by atoms with Gasteiger partial charge in [-0.1, -0.05) is 48.5 Å². The summed E-state index contributed by atoms with van der Waals surface area (Å²) in [6, 6.07) is 15.1. The van der Waals surface area contributed by atoms with Crippen LogP contribution in [0.3, 0.4) is 0 Å². The maximum atomic E-state index is 12.7. The van der Waals surface area contributed by atoms with Crippen LogP contribution in [0.4, 0.5) is 0 Å². The van der Waals surface area contributed by atoms with Gasteiger partial charge in [0.25, 0.3) is 0 Å². The number of sulfonamides is 1. The quantitative estimate of drug-likeness (QED) is 0.790. The van der Waals surface area contributed by atoms with Gasteiger partial charge in [0.2, 0.25) is 10.0 Å². The molecule has 0 bridgehead atoms. The molecule has 0 amide bonds. The maximum Gasteiger partial charge on any atom is 0.218 e. The van der Waals surface area contributed by atoms with Crippen LogP contribution in [-0.2, 0) is 22.2 Å². The molecule has 0 saturated heterocycles. The fourth-order valence-corrected chi connectivity index (χ4v) is 4.83. The topological polar surface area (TPSA) is 72.2 Å². The number of nitrogens with zero attached hydrogens (tertiary/aromatic N) is 1. The van der Waals surface area contributed by atoms with Crippen molar-refractivity contribution in [3.05, 3.63) is 65.4 Å². The third kappa shape index (κ3) is 2.72. The number of aromatic nitrogens is 1. The van der Waals surface area contributed by atoms with Gasteiger partial charge in [0.1, 0.15) is 11.4 Å². The van der Waals surface area contributed by atoms with E-state index in [1.807, 2.05) is 36.4 Å². The summed E-state index contributed by atoms with van der Waals surface area (Å²) >= 11 is 0. The van der Waals surface area contributed by atoms with Crippen molar-refractivity contribution in [1.82, 2.24) is 9.88 Å². The average molecular weight is 342 g/mol. The zero-order valence-electron chi connectivity index (χ0n) is 13.3. The molecule has 0 spiro atoms. The molecule has 0 fully saturated rings. The second kappa shape index (κ2) is 5.72. The van der Waals surface area contributed by atoms with Crippen LogP contribution in [-0.4, -0.2) is 13.6 Å². The van der Waals surface area contributed by atoms with E-state index in [0.717, 1.165) is 17.4 Å². The van der Waals surface area contributed by atoms with Crippen LogP contribution in [0.2, 0.25) is 0 Å². The van der Waals surface area contributed by atoms with E-state index in [9.17, 15) is 8.42 Å². The van der Waals surface area contributed by atoms with Crippen LogP contribution in [0.25, 0.3) is 11.0 Å². The van der Waals surface area contributed by atoms with E-state index in [1.54, 1.807) is 6.07 Å². The fourth-order valence-electron chi connectivity index (χ4n) is 3.43. The van der Waals surface area contributed by atoms with E-state index in [-0.39, 0.29) is 17.7 Å². The van der Waals surface area contributed by atoms with Crippen molar-refractivity contribution in [2.75, 3.05) is 0 Å². The molecule has 24 heavy (non-hydrogen) atoms. The van der Waals surface area contributed by atoms with Gasteiger partial charge in [-0.2, -0.15) is 0 Å². The molecule has 0 radical (unpaired) electrons. The Balaban J connectivity index is 1.60. The van der Waals surface area contributed by atoms with Crippen LogP contribution in [0.1, 0.15) is 29.8 Å². The van der Waals surface area contributed by atoms with E-state index in [0.29, 0.717) is 11.3 Å². The van der Waals surface area contributed by atoms with Crippen molar-refractivity contribution in [2.45, 2.75) is 25.1 Å². The molecule has 6 heteroatoms. The van der Waals surface area contributed by atoms with E-state index in [2.05, 4.69) is 22.9 Å². The lowest BCUT2D eigenvalue weighted by atomic mass is 10.0. The highest BCUT2D eigenvalue weighted by atomic mass is 32.2. The smallest absolute Gasteiger partial charge is 0.218 e. The molecule has 1 aliphatic carbocycles. The van der Waals surface area contributed by atoms with E-state index < -0.39 is 10.0 Å². The van der Waals surface area contributed by atoms with Crippen LogP contribution in [0.5, 0.6) is 0 Å². The van der Waals surface area contributed by atoms with Crippen LogP contribution in [0.15, 0.2) is 53.1 Å². The average Bonchev–Trinajstić information content (AvgIpc) is 3.09. The number of hydrogen-bond donors (Lipinski definition) is 1. The minimum atomic E-state index is -3.53. The minimum Gasteiger partial charge on any atom is -0.356 e. The van der Waals surface area contributed by atoms with Crippen molar-refractivity contribution < 1.29 is 12.9 Å². The molecule has 1 N–H and O–H groups in total. The van der Waals surface area contributed by atoms with E-state index in [4.69, 9.17) is 4.52 Å². The minimum absolute atomic E-state index is 0.185. The molecule has 3 aromatic rings. The molecule has 1 heterocycles. The predicted octanol–water partition coefficient (Wildman–Crippen LogP) is 3.18. The Kier molecular flexibility index (Phi) is 3.66. The van der Waals surface area contributed by atoms with E-state index in [1.165, 1.54) is 5.56 Å². The van der Waals surface area contributed by atoms with Gasteiger partial charge >= 0.3 is 0 Å². The largest absolute Gasteiger partial charge is 0.356 e. The van der Waals surface area contributed by atoms with Crippen molar-refractivity contribution >= 4 is 21.0 Å². The zero-order chi connectivity index (χ0) is 16.7. The van der Waals surface area contributed by atoms with Gasteiger partial charge in [-0.15, -0.1) is 0 Å². The Bertz CT molecular complexity index is 994. The van der Waals surface area contributed by atoms with Crippen molar-refractivity contribution in [1.29, 1.82) is 0 Å². The molecule has 0 unspecified atom stereocenters. The lowest BCUT2D eigenvalue weighted by Crippen LogP contribution is -2.31. The fraction of sp³-hybridized carbons (Fsp3) is 0.278. The molecule has 5 nitrogen and oxygen atoms in total. The van der Waals surface area contributed by atoms with Gasteiger partial charge in [0.05, 0.1) is 0 Å². The van der Waals surface area contributed by atoms with Crippen LogP contribution < -0.4 is 4.72 Å².